The van der Waals surface area contributed by atoms with Crippen molar-refractivity contribution >= 4 is 34.7 Å². The molecule has 23 heavy (non-hydrogen) atoms. The highest BCUT2D eigenvalue weighted by Gasteiger charge is 2.30. The Morgan fingerprint density at radius 2 is 1.83 bits per heavy atom. The van der Waals surface area contributed by atoms with Gasteiger partial charge in [-0.15, -0.1) is 0 Å². The number of likely N-dealkylation sites (N-methyl/N-ethyl adjacent to an activating group) is 1. The summed E-state index contributed by atoms with van der Waals surface area (Å²) in [6.45, 7) is 5.85. The van der Waals surface area contributed by atoms with Crippen LogP contribution in [-0.2, 0) is 0 Å². The van der Waals surface area contributed by atoms with Crippen LogP contribution >= 0.6 is 11.6 Å². The minimum Gasteiger partial charge on any atom is -0.366 e. The van der Waals surface area contributed by atoms with Gasteiger partial charge in [0.05, 0.1) is 11.4 Å². The minimum absolute atomic E-state index is 0.123. The number of benzene rings is 2. The monoisotopic (exact) mass is 329 g/mol. The van der Waals surface area contributed by atoms with E-state index in [2.05, 4.69) is 30.1 Å². The molecule has 5 heteroatoms. The summed E-state index contributed by atoms with van der Waals surface area (Å²) in [6.07, 6.45) is 0. The number of urea groups is 1. The van der Waals surface area contributed by atoms with Crippen LogP contribution in [0, 0.1) is 0 Å². The second-order valence-corrected chi connectivity index (χ2v) is 6.11. The third-order valence-electron chi connectivity index (χ3n) is 4.14. The number of hydrogen-bond acceptors (Lipinski definition) is 2. The van der Waals surface area contributed by atoms with E-state index in [9.17, 15) is 4.79 Å². The summed E-state index contributed by atoms with van der Waals surface area (Å²) in [4.78, 5) is 16.8. The first-order chi connectivity index (χ1) is 11.1. The van der Waals surface area contributed by atoms with E-state index in [-0.39, 0.29) is 12.1 Å². The molecule has 0 aliphatic carbocycles. The van der Waals surface area contributed by atoms with Gasteiger partial charge in [-0.2, -0.15) is 0 Å². The van der Waals surface area contributed by atoms with E-state index in [1.165, 1.54) is 0 Å². The van der Waals surface area contributed by atoms with E-state index in [0.717, 1.165) is 23.6 Å². The Hall–Kier alpha value is -2.20. The van der Waals surface area contributed by atoms with Crippen molar-refractivity contribution in [3.63, 3.8) is 0 Å². The Morgan fingerprint density at radius 3 is 2.48 bits per heavy atom. The van der Waals surface area contributed by atoms with Crippen molar-refractivity contribution in [2.75, 3.05) is 28.2 Å². The van der Waals surface area contributed by atoms with Gasteiger partial charge in [-0.3, -0.25) is 4.90 Å². The second kappa shape index (κ2) is 6.50. The number of nitrogens with zero attached hydrogens (tertiary/aromatic N) is 2. The van der Waals surface area contributed by atoms with Crippen LogP contribution in [0.25, 0.3) is 0 Å². The van der Waals surface area contributed by atoms with Gasteiger partial charge in [-0.25, -0.2) is 4.79 Å². The fourth-order valence-electron chi connectivity index (χ4n) is 3.03. The maximum absolute atomic E-state index is 12.7. The third kappa shape index (κ3) is 3.13. The molecule has 0 radical (unpaired) electrons. The molecule has 1 aliphatic rings. The average molecular weight is 330 g/mol. The topological polar surface area (TPSA) is 35.6 Å². The SMILES string of the molecule is CCN1c2ccccc2N(C(=O)Nc2ccc(Cl)cc2)CC1C. The van der Waals surface area contributed by atoms with Crippen molar-refractivity contribution in [3.8, 4) is 0 Å². The molecule has 1 unspecified atom stereocenters. The van der Waals surface area contributed by atoms with E-state index in [4.69, 9.17) is 11.6 Å². The molecule has 1 atom stereocenters. The molecular weight excluding hydrogens is 310 g/mol. The molecule has 0 fully saturated rings. The predicted molar refractivity (Wildman–Crippen MR) is 96.7 cm³/mol. The molecular formula is C18H20ClN3O. The van der Waals surface area contributed by atoms with Crippen LogP contribution < -0.4 is 15.1 Å². The molecule has 1 N–H and O–H groups in total. The summed E-state index contributed by atoms with van der Waals surface area (Å²) >= 11 is 5.89. The Bertz CT molecular complexity index is 702. The van der Waals surface area contributed by atoms with Crippen molar-refractivity contribution < 1.29 is 4.79 Å². The maximum Gasteiger partial charge on any atom is 0.326 e. The standard InChI is InChI=1S/C18H20ClN3O/c1-3-21-13(2)12-22(17-7-5-4-6-16(17)21)18(23)20-15-10-8-14(19)9-11-15/h4-11,13H,3,12H2,1-2H3,(H,20,23). The van der Waals surface area contributed by atoms with Crippen LogP contribution in [0.5, 0.6) is 0 Å². The molecule has 4 nitrogen and oxygen atoms in total. The van der Waals surface area contributed by atoms with Gasteiger partial charge in [0.1, 0.15) is 0 Å². The van der Waals surface area contributed by atoms with E-state index in [1.54, 1.807) is 29.2 Å². The van der Waals surface area contributed by atoms with Crippen molar-refractivity contribution in [2.45, 2.75) is 19.9 Å². The molecule has 1 aliphatic heterocycles. The van der Waals surface area contributed by atoms with Gasteiger partial charge in [0.2, 0.25) is 0 Å². The fourth-order valence-corrected chi connectivity index (χ4v) is 3.16. The van der Waals surface area contributed by atoms with Gasteiger partial charge >= 0.3 is 6.03 Å². The summed E-state index contributed by atoms with van der Waals surface area (Å²) < 4.78 is 0. The fraction of sp³-hybridized carbons (Fsp3) is 0.278. The van der Waals surface area contributed by atoms with Crippen molar-refractivity contribution in [3.05, 3.63) is 53.6 Å². The number of amides is 2. The van der Waals surface area contributed by atoms with Crippen molar-refractivity contribution in [1.82, 2.24) is 0 Å². The molecule has 0 saturated heterocycles. The first-order valence-corrected chi connectivity index (χ1v) is 8.17. The number of para-hydroxylation sites is 2. The quantitative estimate of drug-likeness (QED) is 0.873. The number of fused-ring (bicyclic) bond motifs is 1. The molecule has 0 aromatic heterocycles. The highest BCUT2D eigenvalue weighted by Crippen LogP contribution is 2.35. The predicted octanol–water partition coefficient (Wildman–Crippen LogP) is 4.61. The summed E-state index contributed by atoms with van der Waals surface area (Å²) in [7, 11) is 0. The lowest BCUT2D eigenvalue weighted by molar-refractivity contribution is 0.256. The number of carbonyl (C=O) groups is 1. The smallest absolute Gasteiger partial charge is 0.326 e. The summed E-state index contributed by atoms with van der Waals surface area (Å²) in [6, 6.07) is 15.3. The van der Waals surface area contributed by atoms with Crippen LogP contribution in [0.2, 0.25) is 5.02 Å². The molecule has 3 rings (SSSR count). The Labute approximate surface area is 141 Å². The molecule has 120 valence electrons. The van der Waals surface area contributed by atoms with Crippen LogP contribution in [0.1, 0.15) is 13.8 Å². The molecule has 1 heterocycles. The highest BCUT2D eigenvalue weighted by molar-refractivity contribution is 6.30. The van der Waals surface area contributed by atoms with Crippen LogP contribution in [-0.4, -0.2) is 25.2 Å². The first-order valence-electron chi connectivity index (χ1n) is 7.80. The van der Waals surface area contributed by atoms with E-state index < -0.39 is 0 Å². The molecule has 0 spiro atoms. The Morgan fingerprint density at radius 1 is 1.17 bits per heavy atom. The second-order valence-electron chi connectivity index (χ2n) is 5.67. The average Bonchev–Trinajstić information content (AvgIpc) is 2.56. The molecule has 0 saturated carbocycles. The number of anilines is 3. The molecule has 0 bridgehead atoms. The zero-order chi connectivity index (χ0) is 16.4. The normalized spacial score (nSPS) is 16.9. The molecule has 2 amide bonds. The number of nitrogens with one attached hydrogen (secondary N) is 1. The number of hydrogen-bond donors (Lipinski definition) is 1. The minimum atomic E-state index is -0.123. The van der Waals surface area contributed by atoms with E-state index in [0.29, 0.717) is 11.6 Å². The van der Waals surface area contributed by atoms with Gasteiger partial charge in [-0.05, 0) is 50.2 Å². The number of carbonyl (C=O) groups excluding carboxylic acids is 1. The first kappa shape index (κ1) is 15.7. The van der Waals surface area contributed by atoms with E-state index >= 15 is 0 Å². The zero-order valence-corrected chi connectivity index (χ0v) is 14.0. The Kier molecular flexibility index (Phi) is 4.44. The van der Waals surface area contributed by atoms with Gasteiger partial charge in [0.25, 0.3) is 0 Å². The van der Waals surface area contributed by atoms with E-state index in [1.807, 2.05) is 18.2 Å². The lowest BCUT2D eigenvalue weighted by Gasteiger charge is -2.41. The summed E-state index contributed by atoms with van der Waals surface area (Å²) in [5.74, 6) is 0. The lowest BCUT2D eigenvalue weighted by atomic mass is 10.1. The van der Waals surface area contributed by atoms with Gasteiger partial charge < -0.3 is 10.2 Å². The summed E-state index contributed by atoms with van der Waals surface area (Å²) in [5.41, 5.74) is 2.78. The van der Waals surface area contributed by atoms with Gasteiger partial charge in [0.15, 0.2) is 0 Å². The molecule has 2 aromatic rings. The van der Waals surface area contributed by atoms with Gasteiger partial charge in [-0.1, -0.05) is 23.7 Å². The Balaban J connectivity index is 1.87. The highest BCUT2D eigenvalue weighted by atomic mass is 35.5. The van der Waals surface area contributed by atoms with Crippen molar-refractivity contribution in [1.29, 1.82) is 0 Å². The van der Waals surface area contributed by atoms with Crippen LogP contribution in [0.4, 0.5) is 21.9 Å². The number of halogens is 1. The third-order valence-corrected chi connectivity index (χ3v) is 4.39. The molecule has 2 aromatic carbocycles. The summed E-state index contributed by atoms with van der Waals surface area (Å²) in [5, 5.41) is 3.59. The van der Waals surface area contributed by atoms with Gasteiger partial charge in [0, 0.05) is 29.8 Å². The van der Waals surface area contributed by atoms with Crippen LogP contribution in [0.15, 0.2) is 48.5 Å². The van der Waals surface area contributed by atoms with Crippen LogP contribution in [0.3, 0.4) is 0 Å². The largest absolute Gasteiger partial charge is 0.366 e. The lowest BCUT2D eigenvalue weighted by Crippen LogP contribution is -2.50. The maximum atomic E-state index is 12.7. The van der Waals surface area contributed by atoms with Crippen molar-refractivity contribution in [2.24, 2.45) is 0 Å². The number of rotatable bonds is 2. The zero-order valence-electron chi connectivity index (χ0n) is 13.3.